The average Bonchev–Trinajstić information content (AvgIpc) is 2.38. The van der Waals surface area contributed by atoms with E-state index in [1.54, 1.807) is 12.1 Å². The summed E-state index contributed by atoms with van der Waals surface area (Å²) in [6.07, 6.45) is 0. The van der Waals surface area contributed by atoms with Crippen molar-refractivity contribution in [1.82, 2.24) is 4.98 Å². The summed E-state index contributed by atoms with van der Waals surface area (Å²) in [5.74, 6) is -0.180. The maximum Gasteiger partial charge on any atom is 0.388 e. The molecule has 0 aliphatic heterocycles. The molecule has 0 saturated carbocycles. The standard InChI is InChI=1S/C12H10BrN3O2/c13-11-7-6-10(12(15-11)16(17)18)14-8-9-4-2-1-3-5-9/h1-7,14H,8H2. The number of pyridine rings is 1. The molecule has 0 fully saturated rings. The van der Waals surface area contributed by atoms with Crippen molar-refractivity contribution in [2.75, 3.05) is 5.32 Å². The lowest BCUT2D eigenvalue weighted by atomic mass is 10.2. The Morgan fingerprint density at radius 1 is 1.22 bits per heavy atom. The zero-order chi connectivity index (χ0) is 13.0. The molecule has 5 nitrogen and oxygen atoms in total. The molecule has 1 aromatic heterocycles. The van der Waals surface area contributed by atoms with Crippen LogP contribution in [0.4, 0.5) is 11.5 Å². The number of nitro groups is 1. The Bertz CT molecular complexity index is 561. The van der Waals surface area contributed by atoms with Gasteiger partial charge < -0.3 is 15.4 Å². The van der Waals surface area contributed by atoms with E-state index >= 15 is 0 Å². The van der Waals surface area contributed by atoms with E-state index in [0.717, 1.165) is 5.56 Å². The lowest BCUT2D eigenvalue weighted by Gasteiger charge is -2.06. The van der Waals surface area contributed by atoms with Crippen molar-refractivity contribution < 1.29 is 4.92 Å². The van der Waals surface area contributed by atoms with Gasteiger partial charge >= 0.3 is 5.82 Å². The molecule has 0 spiro atoms. The molecule has 1 heterocycles. The number of anilines is 1. The van der Waals surface area contributed by atoms with E-state index in [4.69, 9.17) is 0 Å². The SMILES string of the molecule is O=[N+]([O-])c1nc(Br)ccc1NCc1ccccc1. The second-order valence-electron chi connectivity index (χ2n) is 3.60. The van der Waals surface area contributed by atoms with Gasteiger partial charge in [0.15, 0.2) is 0 Å². The van der Waals surface area contributed by atoms with Crippen LogP contribution < -0.4 is 5.32 Å². The molecule has 0 amide bonds. The third kappa shape index (κ3) is 3.04. The first-order valence-corrected chi connectivity index (χ1v) is 6.05. The minimum Gasteiger partial charge on any atom is -0.374 e. The molecule has 2 rings (SSSR count). The van der Waals surface area contributed by atoms with Crippen LogP contribution in [0.3, 0.4) is 0 Å². The minimum absolute atomic E-state index is 0.180. The Hall–Kier alpha value is -1.95. The summed E-state index contributed by atoms with van der Waals surface area (Å²) in [6.45, 7) is 0.519. The monoisotopic (exact) mass is 307 g/mol. The Morgan fingerprint density at radius 3 is 2.61 bits per heavy atom. The summed E-state index contributed by atoms with van der Waals surface area (Å²) in [5, 5.41) is 13.9. The van der Waals surface area contributed by atoms with Crippen molar-refractivity contribution in [1.29, 1.82) is 0 Å². The van der Waals surface area contributed by atoms with Gasteiger partial charge in [-0.25, -0.2) is 0 Å². The number of rotatable bonds is 4. The molecule has 0 saturated heterocycles. The molecular weight excluding hydrogens is 298 g/mol. The summed E-state index contributed by atoms with van der Waals surface area (Å²) in [4.78, 5) is 14.2. The largest absolute Gasteiger partial charge is 0.388 e. The molecule has 18 heavy (non-hydrogen) atoms. The van der Waals surface area contributed by atoms with Crippen LogP contribution >= 0.6 is 15.9 Å². The number of nitrogens with zero attached hydrogens (tertiary/aromatic N) is 2. The smallest absolute Gasteiger partial charge is 0.374 e. The fraction of sp³-hybridized carbons (Fsp3) is 0.0833. The van der Waals surface area contributed by atoms with E-state index in [1.807, 2.05) is 30.3 Å². The molecular formula is C12H10BrN3O2. The molecule has 1 aromatic carbocycles. The Balaban J connectivity index is 2.17. The zero-order valence-electron chi connectivity index (χ0n) is 9.34. The second kappa shape index (κ2) is 5.59. The maximum atomic E-state index is 10.9. The summed E-state index contributed by atoms with van der Waals surface area (Å²) in [7, 11) is 0. The Labute approximate surface area is 112 Å². The van der Waals surface area contributed by atoms with Gasteiger partial charge in [0.25, 0.3) is 0 Å². The highest BCUT2D eigenvalue weighted by molar-refractivity contribution is 9.10. The lowest BCUT2D eigenvalue weighted by molar-refractivity contribution is -0.388. The van der Waals surface area contributed by atoms with E-state index in [0.29, 0.717) is 16.8 Å². The van der Waals surface area contributed by atoms with Gasteiger partial charge in [-0.1, -0.05) is 30.3 Å². The van der Waals surface area contributed by atoms with Crippen LogP contribution in [0.1, 0.15) is 5.56 Å². The van der Waals surface area contributed by atoms with Gasteiger partial charge in [-0.3, -0.25) is 0 Å². The van der Waals surface area contributed by atoms with E-state index in [9.17, 15) is 10.1 Å². The molecule has 0 atom stereocenters. The van der Waals surface area contributed by atoms with E-state index in [-0.39, 0.29) is 5.82 Å². The van der Waals surface area contributed by atoms with Crippen LogP contribution in [0.5, 0.6) is 0 Å². The predicted octanol–water partition coefficient (Wildman–Crippen LogP) is 3.36. The lowest BCUT2D eigenvalue weighted by Crippen LogP contribution is -2.04. The molecule has 0 bridgehead atoms. The van der Waals surface area contributed by atoms with E-state index < -0.39 is 4.92 Å². The van der Waals surface area contributed by atoms with Crippen molar-refractivity contribution in [2.45, 2.75) is 6.54 Å². The number of nitrogens with one attached hydrogen (secondary N) is 1. The Kier molecular flexibility index (Phi) is 3.88. The van der Waals surface area contributed by atoms with Gasteiger partial charge in [-0.05, 0) is 27.6 Å². The van der Waals surface area contributed by atoms with Crippen molar-refractivity contribution in [3.63, 3.8) is 0 Å². The molecule has 2 aromatic rings. The fourth-order valence-electron chi connectivity index (χ4n) is 1.50. The average molecular weight is 308 g/mol. The van der Waals surface area contributed by atoms with Crippen molar-refractivity contribution in [2.24, 2.45) is 0 Å². The van der Waals surface area contributed by atoms with Crippen molar-refractivity contribution >= 4 is 27.4 Å². The third-order valence-corrected chi connectivity index (χ3v) is 2.78. The van der Waals surface area contributed by atoms with Gasteiger partial charge in [0.2, 0.25) is 4.60 Å². The normalized spacial score (nSPS) is 10.1. The van der Waals surface area contributed by atoms with Crippen LogP contribution in [-0.2, 0) is 6.54 Å². The number of aromatic nitrogens is 1. The first-order chi connectivity index (χ1) is 8.66. The van der Waals surface area contributed by atoms with E-state index in [1.165, 1.54) is 0 Å². The molecule has 6 heteroatoms. The molecule has 92 valence electrons. The summed E-state index contributed by atoms with van der Waals surface area (Å²) in [6, 6.07) is 13.0. The van der Waals surface area contributed by atoms with Gasteiger partial charge in [-0.15, -0.1) is 0 Å². The van der Waals surface area contributed by atoms with Gasteiger partial charge in [0.05, 0.1) is 0 Å². The van der Waals surface area contributed by atoms with Crippen LogP contribution in [0.2, 0.25) is 0 Å². The second-order valence-corrected chi connectivity index (χ2v) is 4.41. The Morgan fingerprint density at radius 2 is 1.94 bits per heavy atom. The third-order valence-electron chi connectivity index (χ3n) is 2.34. The first-order valence-electron chi connectivity index (χ1n) is 5.25. The van der Waals surface area contributed by atoms with Crippen LogP contribution in [0.15, 0.2) is 47.1 Å². The van der Waals surface area contributed by atoms with Crippen LogP contribution in [-0.4, -0.2) is 9.91 Å². The minimum atomic E-state index is -0.502. The number of halogens is 1. The first kappa shape index (κ1) is 12.5. The summed E-state index contributed by atoms with van der Waals surface area (Å²) < 4.78 is 0.444. The zero-order valence-corrected chi connectivity index (χ0v) is 10.9. The van der Waals surface area contributed by atoms with Crippen molar-refractivity contribution in [3.05, 3.63) is 62.7 Å². The highest BCUT2D eigenvalue weighted by Gasteiger charge is 2.16. The number of hydrogen-bond donors (Lipinski definition) is 1. The maximum absolute atomic E-state index is 10.9. The highest BCUT2D eigenvalue weighted by Crippen LogP contribution is 2.24. The van der Waals surface area contributed by atoms with E-state index in [2.05, 4.69) is 26.2 Å². The van der Waals surface area contributed by atoms with Gasteiger partial charge in [0, 0.05) is 22.5 Å². The quantitative estimate of drug-likeness (QED) is 0.534. The fourth-order valence-corrected chi connectivity index (χ4v) is 1.80. The molecule has 0 aliphatic rings. The van der Waals surface area contributed by atoms with Gasteiger partial charge in [-0.2, -0.15) is 0 Å². The predicted molar refractivity (Wildman–Crippen MR) is 72.4 cm³/mol. The topological polar surface area (TPSA) is 68.1 Å². The van der Waals surface area contributed by atoms with Crippen molar-refractivity contribution in [3.8, 4) is 0 Å². The number of benzene rings is 1. The van der Waals surface area contributed by atoms with Crippen LogP contribution in [0.25, 0.3) is 0 Å². The molecule has 1 N–H and O–H groups in total. The summed E-state index contributed by atoms with van der Waals surface area (Å²) >= 11 is 3.12. The highest BCUT2D eigenvalue weighted by atomic mass is 79.9. The summed E-state index contributed by atoms with van der Waals surface area (Å²) in [5.41, 5.74) is 1.46. The van der Waals surface area contributed by atoms with Crippen LogP contribution in [0, 0.1) is 10.1 Å². The molecule has 0 radical (unpaired) electrons. The van der Waals surface area contributed by atoms with Gasteiger partial charge in [0.1, 0.15) is 5.69 Å². The molecule has 0 aliphatic carbocycles. The number of hydrogen-bond acceptors (Lipinski definition) is 4. The molecule has 0 unspecified atom stereocenters.